The maximum atomic E-state index is 6.44. The van der Waals surface area contributed by atoms with Gasteiger partial charge in [-0.05, 0) is 38.2 Å². The fourth-order valence-corrected chi connectivity index (χ4v) is 6.05. The Morgan fingerprint density at radius 1 is 0.826 bits per heavy atom. The van der Waals surface area contributed by atoms with Gasteiger partial charge in [0, 0.05) is 6.62 Å². The molecule has 0 saturated heterocycles. The van der Waals surface area contributed by atoms with E-state index >= 15 is 0 Å². The summed E-state index contributed by atoms with van der Waals surface area (Å²) in [5.41, 5.74) is 4.48. The van der Waals surface area contributed by atoms with Crippen LogP contribution in [0.4, 0.5) is 0 Å². The van der Waals surface area contributed by atoms with E-state index in [2.05, 4.69) is 106 Å². The first-order valence-electron chi connectivity index (χ1n) is 7.99. The average molecular weight is 485 g/mol. The van der Waals surface area contributed by atoms with Crippen molar-refractivity contribution in [3.05, 3.63) is 28.8 Å². The molecule has 23 heavy (non-hydrogen) atoms. The zero-order valence-corrected chi connectivity index (χ0v) is 20.6. The molecule has 2 atom stereocenters. The molecule has 0 heterocycles. The van der Waals surface area contributed by atoms with Crippen molar-refractivity contribution in [2.45, 2.75) is 82.6 Å². The van der Waals surface area contributed by atoms with E-state index < -0.39 is 6.62 Å². The van der Waals surface area contributed by atoms with Gasteiger partial charge in [0.1, 0.15) is 4.03 Å². The van der Waals surface area contributed by atoms with Crippen molar-refractivity contribution in [2.75, 3.05) is 0 Å². The van der Waals surface area contributed by atoms with Crippen molar-refractivity contribution in [3.8, 4) is 0 Å². The van der Waals surface area contributed by atoms with Crippen LogP contribution in [0, 0.1) is 0 Å². The second-order valence-corrected chi connectivity index (χ2v) is 16.0. The predicted octanol–water partition coefficient (Wildman–Crippen LogP) is 7.91. The highest BCUT2D eigenvalue weighted by Gasteiger charge is 2.33. The van der Waals surface area contributed by atoms with Gasteiger partial charge in [0.25, 0.3) is 0 Å². The highest BCUT2D eigenvalue weighted by atomic mass is 79.9. The molecule has 0 N–H and O–H groups in total. The molecular formula is C19H30Br2ClP. The van der Waals surface area contributed by atoms with Crippen molar-refractivity contribution in [1.82, 2.24) is 0 Å². The third-order valence-electron chi connectivity index (χ3n) is 3.98. The van der Waals surface area contributed by atoms with Gasteiger partial charge in [-0.25, -0.2) is 0 Å². The topological polar surface area (TPSA) is 0 Å². The third-order valence-corrected chi connectivity index (χ3v) is 11.7. The van der Waals surface area contributed by atoms with Crippen LogP contribution in [0.25, 0.3) is 0 Å². The Bertz CT molecular complexity index is 525. The average Bonchev–Trinajstić information content (AvgIpc) is 2.32. The lowest BCUT2D eigenvalue weighted by Gasteiger charge is -2.35. The van der Waals surface area contributed by atoms with Gasteiger partial charge in [-0.15, -0.1) is 11.6 Å². The maximum Gasteiger partial charge on any atom is 0.122 e. The minimum Gasteiger partial charge on any atom is -0.104 e. The van der Waals surface area contributed by atoms with Crippen molar-refractivity contribution >= 4 is 54.9 Å². The van der Waals surface area contributed by atoms with E-state index in [1.807, 2.05) is 0 Å². The van der Waals surface area contributed by atoms with Gasteiger partial charge in [0.05, 0.1) is 0 Å². The number of benzene rings is 1. The molecular weight excluding hydrogens is 454 g/mol. The van der Waals surface area contributed by atoms with E-state index in [1.54, 1.807) is 0 Å². The third kappa shape index (κ3) is 5.44. The Kier molecular flexibility index (Phi) is 6.92. The van der Waals surface area contributed by atoms with Crippen LogP contribution in [0.15, 0.2) is 12.1 Å². The van der Waals surface area contributed by atoms with Gasteiger partial charge in [0.2, 0.25) is 0 Å². The highest BCUT2D eigenvalue weighted by molar-refractivity contribution is 9.41. The lowest BCUT2D eigenvalue weighted by Crippen LogP contribution is -2.31. The fraction of sp³-hybridized carbons (Fsp3) is 0.684. The molecule has 0 aliphatic heterocycles. The lowest BCUT2D eigenvalue weighted by atomic mass is 9.75. The summed E-state index contributed by atoms with van der Waals surface area (Å²) >= 11 is 13.9. The van der Waals surface area contributed by atoms with Crippen LogP contribution in [-0.4, -0.2) is 4.03 Å². The van der Waals surface area contributed by atoms with E-state index in [0.717, 1.165) is 0 Å². The fourth-order valence-electron chi connectivity index (χ4n) is 2.54. The zero-order chi connectivity index (χ0) is 18.4. The zero-order valence-electron chi connectivity index (χ0n) is 15.8. The summed E-state index contributed by atoms with van der Waals surface area (Å²) in [6, 6.07) is 4.79. The van der Waals surface area contributed by atoms with Crippen LogP contribution in [0.5, 0.6) is 0 Å². The first kappa shape index (κ1) is 21.9. The van der Waals surface area contributed by atoms with E-state index in [9.17, 15) is 0 Å². The van der Waals surface area contributed by atoms with Crippen molar-refractivity contribution in [1.29, 1.82) is 0 Å². The van der Waals surface area contributed by atoms with Crippen LogP contribution in [0.1, 0.15) is 79.0 Å². The second-order valence-electron chi connectivity index (χ2n) is 9.26. The van der Waals surface area contributed by atoms with E-state index in [-0.39, 0.29) is 20.3 Å². The molecule has 0 aliphatic carbocycles. The minimum absolute atomic E-state index is 0.0731. The molecule has 1 aromatic rings. The Labute approximate surface area is 165 Å². The van der Waals surface area contributed by atoms with E-state index in [0.29, 0.717) is 0 Å². The summed E-state index contributed by atoms with van der Waals surface area (Å²) in [7, 11) is 0. The largest absolute Gasteiger partial charge is 0.122 e. The summed E-state index contributed by atoms with van der Waals surface area (Å²) in [5.74, 6) is 0. The SMILES string of the molecule is CC(C)(C)c1cc(C(C)(C)C)c(P(Br)C(Cl)Br)c(C(C)(C)C)c1. The van der Waals surface area contributed by atoms with E-state index in [1.165, 1.54) is 22.0 Å². The van der Waals surface area contributed by atoms with Crippen LogP contribution in [0.3, 0.4) is 0 Å². The predicted molar refractivity (Wildman–Crippen MR) is 117 cm³/mol. The van der Waals surface area contributed by atoms with E-state index in [4.69, 9.17) is 11.6 Å². The summed E-state index contributed by atoms with van der Waals surface area (Å²) < 4.78 is -0.0832. The van der Waals surface area contributed by atoms with Crippen molar-refractivity contribution < 1.29 is 0 Å². The van der Waals surface area contributed by atoms with Gasteiger partial charge in [0.15, 0.2) is 0 Å². The van der Waals surface area contributed by atoms with Crippen molar-refractivity contribution in [2.24, 2.45) is 0 Å². The summed E-state index contributed by atoms with van der Waals surface area (Å²) in [5, 5.41) is 1.39. The van der Waals surface area contributed by atoms with Gasteiger partial charge in [-0.3, -0.25) is 0 Å². The van der Waals surface area contributed by atoms with Gasteiger partial charge in [-0.2, -0.15) is 0 Å². The summed E-state index contributed by atoms with van der Waals surface area (Å²) in [4.78, 5) is 0. The Morgan fingerprint density at radius 3 is 1.39 bits per heavy atom. The number of alkyl halides is 2. The Morgan fingerprint density at radius 2 is 1.17 bits per heavy atom. The molecule has 4 heteroatoms. The van der Waals surface area contributed by atoms with Crippen LogP contribution in [-0.2, 0) is 16.2 Å². The first-order chi connectivity index (χ1) is 10.1. The molecule has 0 aliphatic rings. The molecule has 0 bridgehead atoms. The standard InChI is InChI=1S/C19H30Br2ClP/c1-17(2,3)12-10-13(18(4,5)6)15(23(21)16(20)22)14(11-12)19(7,8)9/h10-11,16H,1-9H3. The molecule has 0 spiro atoms. The normalized spacial score (nSPS) is 16.3. The molecule has 132 valence electrons. The molecule has 0 radical (unpaired) electrons. The second kappa shape index (κ2) is 7.26. The van der Waals surface area contributed by atoms with Crippen molar-refractivity contribution in [3.63, 3.8) is 0 Å². The number of hydrogen-bond donors (Lipinski definition) is 0. The molecule has 1 aromatic carbocycles. The van der Waals surface area contributed by atoms with Gasteiger partial charge < -0.3 is 0 Å². The summed E-state index contributed by atoms with van der Waals surface area (Å²) in [6.07, 6.45) is 0. The highest BCUT2D eigenvalue weighted by Crippen LogP contribution is 2.56. The quantitative estimate of drug-likeness (QED) is 0.295. The van der Waals surface area contributed by atoms with Gasteiger partial charge in [-0.1, -0.05) is 106 Å². The maximum absolute atomic E-state index is 6.44. The lowest BCUT2D eigenvalue weighted by molar-refractivity contribution is 0.553. The van der Waals surface area contributed by atoms with Crippen LogP contribution < -0.4 is 5.30 Å². The Hall–Kier alpha value is 0.900. The molecule has 0 fully saturated rings. The smallest absolute Gasteiger partial charge is 0.104 e. The van der Waals surface area contributed by atoms with Crippen LogP contribution in [0.2, 0.25) is 0 Å². The number of rotatable bonds is 2. The molecule has 2 unspecified atom stereocenters. The molecule has 0 aromatic heterocycles. The number of halogens is 3. The van der Waals surface area contributed by atoms with Gasteiger partial charge >= 0.3 is 0 Å². The summed E-state index contributed by atoms with van der Waals surface area (Å²) in [6.45, 7) is 19.9. The Balaban J connectivity index is 3.90. The minimum atomic E-state index is -0.658. The monoisotopic (exact) mass is 482 g/mol. The first-order valence-corrected chi connectivity index (χ1v) is 12.8. The molecule has 0 saturated carbocycles. The molecule has 0 amide bonds. The van der Waals surface area contributed by atoms with Crippen LogP contribution >= 0.6 is 49.6 Å². The molecule has 0 nitrogen and oxygen atoms in total. The number of hydrogen-bond acceptors (Lipinski definition) is 0. The molecule has 1 rings (SSSR count).